The van der Waals surface area contributed by atoms with Crippen LogP contribution in [0.2, 0.25) is 0 Å². The van der Waals surface area contributed by atoms with Crippen LogP contribution in [0.1, 0.15) is 0 Å². The van der Waals surface area contributed by atoms with Crippen molar-refractivity contribution in [2.45, 2.75) is 0 Å². The third-order valence-electron chi connectivity index (χ3n) is 0.244. The SMILES string of the molecule is C#CC#CC#CBr. The molecule has 7 heavy (non-hydrogen) atoms. The van der Waals surface area contributed by atoms with E-state index in [2.05, 4.69) is 44.4 Å². The number of hydrogen-bond donors (Lipinski definition) is 0. The van der Waals surface area contributed by atoms with Gasteiger partial charge < -0.3 is 0 Å². The minimum atomic E-state index is 2.12. The molecular weight excluding hydrogens is 152 g/mol. The van der Waals surface area contributed by atoms with Gasteiger partial charge in [-0.15, -0.1) is 6.42 Å². The maximum Gasteiger partial charge on any atom is 0.0117 e. The van der Waals surface area contributed by atoms with Gasteiger partial charge in [0.15, 0.2) is 0 Å². The highest BCUT2D eigenvalue weighted by molar-refractivity contribution is 9.12. The summed E-state index contributed by atoms with van der Waals surface area (Å²) in [5.41, 5.74) is 0. The Morgan fingerprint density at radius 2 is 1.86 bits per heavy atom. The lowest BCUT2D eigenvalue weighted by molar-refractivity contribution is 2.46. The minimum Gasteiger partial charge on any atom is -0.106 e. The first-order valence-corrected chi connectivity index (χ1v) is 2.27. The summed E-state index contributed by atoms with van der Waals surface area (Å²) in [6.45, 7) is 0. The number of hydrogen-bond acceptors (Lipinski definition) is 0. The largest absolute Gasteiger partial charge is 0.106 e. The van der Waals surface area contributed by atoms with Gasteiger partial charge in [-0.3, -0.25) is 0 Å². The summed E-state index contributed by atoms with van der Waals surface area (Å²) in [5, 5.41) is 0. The Bertz CT molecular complexity index is 186. The van der Waals surface area contributed by atoms with Crippen molar-refractivity contribution >= 4 is 15.9 Å². The molecule has 0 rings (SSSR count). The molecule has 0 aliphatic carbocycles. The summed E-state index contributed by atoms with van der Waals surface area (Å²) in [4.78, 5) is 2.40. The van der Waals surface area contributed by atoms with E-state index in [0.29, 0.717) is 0 Å². The zero-order valence-corrected chi connectivity index (χ0v) is 5.04. The second-order valence-corrected chi connectivity index (χ2v) is 1.01. The van der Waals surface area contributed by atoms with Gasteiger partial charge in [0, 0.05) is 15.9 Å². The normalized spacial score (nSPS) is 3.43. The van der Waals surface area contributed by atoms with Gasteiger partial charge in [0.1, 0.15) is 0 Å². The van der Waals surface area contributed by atoms with E-state index in [4.69, 9.17) is 6.42 Å². The molecule has 0 aromatic heterocycles. The van der Waals surface area contributed by atoms with Crippen LogP contribution < -0.4 is 0 Å². The van der Waals surface area contributed by atoms with Crippen molar-refractivity contribution in [3.05, 3.63) is 0 Å². The van der Waals surface area contributed by atoms with E-state index in [0.717, 1.165) is 0 Å². The van der Waals surface area contributed by atoms with Gasteiger partial charge in [0.2, 0.25) is 0 Å². The maximum absolute atomic E-state index is 4.76. The molecule has 0 atom stereocenters. The molecule has 0 N–H and O–H groups in total. The lowest BCUT2D eigenvalue weighted by atomic mass is 10.6. The van der Waals surface area contributed by atoms with E-state index < -0.39 is 0 Å². The van der Waals surface area contributed by atoms with Crippen molar-refractivity contribution in [3.63, 3.8) is 0 Å². The molecule has 0 radical (unpaired) electrons. The van der Waals surface area contributed by atoms with E-state index in [1.54, 1.807) is 0 Å². The van der Waals surface area contributed by atoms with Crippen LogP contribution in [0.4, 0.5) is 0 Å². The fourth-order valence-corrected chi connectivity index (χ4v) is 0.190. The van der Waals surface area contributed by atoms with Crippen molar-refractivity contribution in [3.8, 4) is 34.9 Å². The quantitative estimate of drug-likeness (QED) is 0.455. The molecule has 0 aromatic carbocycles. The zero-order chi connectivity index (χ0) is 5.54. The summed E-state index contributed by atoms with van der Waals surface area (Å²) in [5.74, 6) is 9.24. The van der Waals surface area contributed by atoms with Gasteiger partial charge in [-0.25, -0.2) is 0 Å². The van der Waals surface area contributed by atoms with Crippen molar-refractivity contribution in [1.82, 2.24) is 0 Å². The fourth-order valence-electron chi connectivity index (χ4n) is 0.0910. The van der Waals surface area contributed by atoms with Gasteiger partial charge in [-0.1, -0.05) is 0 Å². The van der Waals surface area contributed by atoms with Gasteiger partial charge >= 0.3 is 0 Å². The Morgan fingerprint density at radius 1 is 1.14 bits per heavy atom. The van der Waals surface area contributed by atoms with Crippen LogP contribution >= 0.6 is 15.9 Å². The van der Waals surface area contributed by atoms with Gasteiger partial charge in [0.05, 0.1) is 0 Å². The summed E-state index contributed by atoms with van der Waals surface area (Å²) < 4.78 is 0. The Kier molecular flexibility index (Phi) is 4.54. The van der Waals surface area contributed by atoms with E-state index in [1.165, 1.54) is 0 Å². The molecule has 0 bridgehead atoms. The third kappa shape index (κ3) is 5.16. The zero-order valence-electron chi connectivity index (χ0n) is 3.46. The van der Waals surface area contributed by atoms with Gasteiger partial charge in [-0.05, 0) is 28.5 Å². The first-order chi connectivity index (χ1) is 3.41. The Labute approximate surface area is 51.4 Å². The Balaban J connectivity index is 3.68. The second kappa shape index (κ2) is 5.16. The van der Waals surface area contributed by atoms with Crippen LogP contribution in [0.3, 0.4) is 0 Å². The highest BCUT2D eigenvalue weighted by Crippen LogP contribution is 1.64. The average molecular weight is 153 g/mol. The molecule has 0 fully saturated rings. The fraction of sp³-hybridized carbons (Fsp3) is 0. The molecular formula is C6HBr. The van der Waals surface area contributed by atoms with Gasteiger partial charge in [0.25, 0.3) is 0 Å². The Morgan fingerprint density at radius 3 is 2.29 bits per heavy atom. The smallest absolute Gasteiger partial charge is 0.0117 e. The molecule has 0 nitrogen and oxygen atoms in total. The molecule has 1 heteroatoms. The molecule has 0 aromatic rings. The molecule has 0 aliphatic rings. The van der Waals surface area contributed by atoms with Crippen LogP contribution in [0.5, 0.6) is 0 Å². The summed E-state index contributed by atoms with van der Waals surface area (Å²) >= 11 is 2.85. The molecule has 0 aliphatic heterocycles. The first-order valence-electron chi connectivity index (χ1n) is 1.48. The topological polar surface area (TPSA) is 0 Å². The van der Waals surface area contributed by atoms with E-state index >= 15 is 0 Å². The monoisotopic (exact) mass is 152 g/mol. The van der Waals surface area contributed by atoms with Crippen LogP contribution in [0.25, 0.3) is 0 Å². The summed E-state index contributed by atoms with van der Waals surface area (Å²) in [6, 6.07) is 0. The summed E-state index contributed by atoms with van der Waals surface area (Å²) in [7, 11) is 0. The van der Waals surface area contributed by atoms with E-state index in [9.17, 15) is 0 Å². The van der Waals surface area contributed by atoms with Crippen LogP contribution in [0.15, 0.2) is 0 Å². The highest BCUT2D eigenvalue weighted by Gasteiger charge is 1.46. The molecule has 0 amide bonds. The molecule has 0 spiro atoms. The first kappa shape index (κ1) is 6.16. The van der Waals surface area contributed by atoms with Crippen LogP contribution in [-0.4, -0.2) is 0 Å². The highest BCUT2D eigenvalue weighted by atomic mass is 79.9. The van der Waals surface area contributed by atoms with E-state index in [1.807, 2.05) is 0 Å². The molecule has 0 unspecified atom stereocenters. The maximum atomic E-state index is 4.76. The standard InChI is InChI=1S/C6HBr/c1-2-3-4-5-6-7/h1H. The van der Waals surface area contributed by atoms with Crippen molar-refractivity contribution in [2.24, 2.45) is 0 Å². The Hall–Kier alpha value is -0.840. The van der Waals surface area contributed by atoms with Crippen molar-refractivity contribution in [1.29, 1.82) is 0 Å². The average Bonchev–Trinajstić information content (AvgIpc) is 1.69. The van der Waals surface area contributed by atoms with Crippen molar-refractivity contribution < 1.29 is 0 Å². The molecule has 0 heterocycles. The lowest BCUT2D eigenvalue weighted by Crippen LogP contribution is -1.44. The number of terminal acetylenes is 1. The molecule has 0 saturated heterocycles. The number of halogens is 1. The predicted octanol–water partition coefficient (Wildman–Crippen LogP) is 0.979. The van der Waals surface area contributed by atoms with Crippen molar-refractivity contribution in [2.75, 3.05) is 0 Å². The van der Waals surface area contributed by atoms with E-state index in [-0.39, 0.29) is 0 Å². The summed E-state index contributed by atoms with van der Waals surface area (Å²) in [6.07, 6.45) is 4.76. The minimum absolute atomic E-state index is 2.12. The van der Waals surface area contributed by atoms with Crippen LogP contribution in [0, 0.1) is 34.9 Å². The molecule has 0 saturated carbocycles. The predicted molar refractivity (Wildman–Crippen MR) is 33.3 cm³/mol. The molecule has 32 valence electrons. The lowest BCUT2D eigenvalue weighted by Gasteiger charge is -1.47. The third-order valence-corrected chi connectivity index (χ3v) is 0.443. The number of rotatable bonds is 0. The second-order valence-electron chi connectivity index (χ2n) is 0.614. The van der Waals surface area contributed by atoms with Crippen LogP contribution in [-0.2, 0) is 0 Å². The van der Waals surface area contributed by atoms with Gasteiger partial charge in [-0.2, -0.15) is 0 Å².